The Hall–Kier alpha value is -1.95. The van der Waals surface area contributed by atoms with Gasteiger partial charge in [0.15, 0.2) is 10.8 Å². The molecule has 5 nitrogen and oxygen atoms in total. The summed E-state index contributed by atoms with van der Waals surface area (Å²) in [5.74, 6) is 0. The molecular formula is C13H15N5S. The highest BCUT2D eigenvalue weighted by molar-refractivity contribution is 7.22. The summed E-state index contributed by atoms with van der Waals surface area (Å²) in [5, 5.41) is 8.66. The molecule has 0 amide bonds. The van der Waals surface area contributed by atoms with Gasteiger partial charge in [0.2, 0.25) is 0 Å². The first-order chi connectivity index (χ1) is 9.24. The van der Waals surface area contributed by atoms with E-state index in [2.05, 4.69) is 26.4 Å². The minimum absolute atomic E-state index is 0.859. The van der Waals surface area contributed by atoms with E-state index in [0.29, 0.717) is 0 Å². The van der Waals surface area contributed by atoms with E-state index in [1.807, 2.05) is 30.9 Å². The maximum atomic E-state index is 4.56. The van der Waals surface area contributed by atoms with Crippen LogP contribution in [0.4, 0.5) is 5.13 Å². The first-order valence-corrected chi connectivity index (χ1v) is 6.98. The van der Waals surface area contributed by atoms with Gasteiger partial charge in [-0.1, -0.05) is 17.4 Å². The van der Waals surface area contributed by atoms with Crippen LogP contribution in [0.2, 0.25) is 0 Å². The number of fused-ring (bicyclic) bond motifs is 1. The minimum Gasteiger partial charge on any atom is -0.361 e. The monoisotopic (exact) mass is 273 g/mol. The Bertz CT molecular complexity index is 651. The van der Waals surface area contributed by atoms with Crippen LogP contribution < -0.4 is 5.32 Å². The molecule has 0 radical (unpaired) electrons. The summed E-state index contributed by atoms with van der Waals surface area (Å²) in [6, 6.07) is 4.04. The molecule has 0 saturated heterocycles. The summed E-state index contributed by atoms with van der Waals surface area (Å²) in [4.78, 5) is 8.66. The number of nitrogens with one attached hydrogen (secondary N) is 1. The van der Waals surface area contributed by atoms with Crippen LogP contribution in [0.5, 0.6) is 0 Å². The van der Waals surface area contributed by atoms with E-state index in [-0.39, 0.29) is 0 Å². The van der Waals surface area contributed by atoms with Crippen LogP contribution in [0.25, 0.3) is 10.3 Å². The topological polar surface area (TPSA) is 55.6 Å². The molecule has 3 aromatic heterocycles. The summed E-state index contributed by atoms with van der Waals surface area (Å²) in [6.45, 7) is 2.87. The molecule has 3 aromatic rings. The Morgan fingerprint density at radius 3 is 3.05 bits per heavy atom. The second-order valence-electron chi connectivity index (χ2n) is 4.42. The number of hydrogen-bond acceptors (Lipinski definition) is 5. The molecule has 0 bridgehead atoms. The largest absolute Gasteiger partial charge is 0.361 e. The number of pyridine rings is 1. The predicted octanol–water partition coefficient (Wildman–Crippen LogP) is 2.39. The lowest BCUT2D eigenvalue weighted by atomic mass is 10.2. The summed E-state index contributed by atoms with van der Waals surface area (Å²) in [7, 11) is 1.93. The minimum atomic E-state index is 0.859. The SMILES string of the molecule is Cc1nn(C)c2nc(NCCc3cccnc3)sc12. The molecule has 0 atom stereocenters. The molecule has 6 heteroatoms. The Labute approximate surface area is 115 Å². The molecule has 0 aromatic carbocycles. The van der Waals surface area contributed by atoms with Crippen LogP contribution in [-0.4, -0.2) is 26.3 Å². The molecule has 98 valence electrons. The number of aromatic nitrogens is 4. The molecule has 19 heavy (non-hydrogen) atoms. The van der Waals surface area contributed by atoms with Crippen molar-refractivity contribution in [1.82, 2.24) is 19.7 Å². The standard InChI is InChI=1S/C13H15N5S/c1-9-11-12(18(2)17-9)16-13(19-11)15-7-5-10-4-3-6-14-8-10/h3-4,6,8H,5,7H2,1-2H3,(H,15,16). The fourth-order valence-electron chi connectivity index (χ4n) is 2.02. The van der Waals surface area contributed by atoms with Crippen molar-refractivity contribution < 1.29 is 0 Å². The highest BCUT2D eigenvalue weighted by Crippen LogP contribution is 2.27. The smallest absolute Gasteiger partial charge is 0.185 e. The highest BCUT2D eigenvalue weighted by atomic mass is 32.1. The number of thiazole rings is 1. The third kappa shape index (κ3) is 2.44. The van der Waals surface area contributed by atoms with Gasteiger partial charge in [0.05, 0.1) is 10.4 Å². The van der Waals surface area contributed by atoms with E-state index >= 15 is 0 Å². The lowest BCUT2D eigenvalue weighted by Gasteiger charge is -2.02. The van der Waals surface area contributed by atoms with Crippen molar-refractivity contribution >= 4 is 26.8 Å². The lowest BCUT2D eigenvalue weighted by molar-refractivity contribution is 0.774. The van der Waals surface area contributed by atoms with Gasteiger partial charge in [0.25, 0.3) is 0 Å². The second-order valence-corrected chi connectivity index (χ2v) is 5.42. The molecule has 3 rings (SSSR count). The maximum Gasteiger partial charge on any atom is 0.185 e. The molecule has 0 fully saturated rings. The predicted molar refractivity (Wildman–Crippen MR) is 77.6 cm³/mol. The normalized spacial score (nSPS) is 11.1. The molecule has 0 aliphatic carbocycles. The van der Waals surface area contributed by atoms with Gasteiger partial charge in [-0.15, -0.1) is 0 Å². The third-order valence-corrected chi connectivity index (χ3v) is 4.07. The van der Waals surface area contributed by atoms with Gasteiger partial charge in [-0.2, -0.15) is 5.10 Å². The van der Waals surface area contributed by atoms with Crippen LogP contribution in [0, 0.1) is 6.92 Å². The molecule has 0 unspecified atom stereocenters. The molecular weight excluding hydrogens is 258 g/mol. The van der Waals surface area contributed by atoms with Crippen molar-refractivity contribution in [2.75, 3.05) is 11.9 Å². The number of hydrogen-bond donors (Lipinski definition) is 1. The zero-order valence-corrected chi connectivity index (χ0v) is 11.7. The van der Waals surface area contributed by atoms with Gasteiger partial charge in [-0.25, -0.2) is 9.67 Å². The van der Waals surface area contributed by atoms with Crippen LogP contribution in [0.3, 0.4) is 0 Å². The van der Waals surface area contributed by atoms with Crippen LogP contribution in [0.15, 0.2) is 24.5 Å². The number of anilines is 1. The Morgan fingerprint density at radius 2 is 2.32 bits per heavy atom. The van der Waals surface area contributed by atoms with Crippen molar-refractivity contribution in [3.63, 3.8) is 0 Å². The zero-order chi connectivity index (χ0) is 13.2. The van der Waals surface area contributed by atoms with Crippen molar-refractivity contribution in [3.05, 3.63) is 35.8 Å². The van der Waals surface area contributed by atoms with Crippen molar-refractivity contribution in [3.8, 4) is 0 Å². The van der Waals surface area contributed by atoms with Crippen molar-refractivity contribution in [2.24, 2.45) is 7.05 Å². The Balaban J connectivity index is 1.67. The molecule has 0 saturated carbocycles. The molecule has 0 aliphatic heterocycles. The van der Waals surface area contributed by atoms with Crippen LogP contribution in [0.1, 0.15) is 11.3 Å². The van der Waals surface area contributed by atoms with E-state index in [1.165, 1.54) is 5.56 Å². The summed E-state index contributed by atoms with van der Waals surface area (Å²) in [6.07, 6.45) is 4.63. The van der Waals surface area contributed by atoms with Gasteiger partial charge in [0, 0.05) is 26.0 Å². The molecule has 1 N–H and O–H groups in total. The van der Waals surface area contributed by atoms with E-state index in [9.17, 15) is 0 Å². The average molecular weight is 273 g/mol. The number of nitrogens with zero attached hydrogens (tertiary/aromatic N) is 4. The first-order valence-electron chi connectivity index (χ1n) is 6.17. The number of aryl methyl sites for hydroxylation is 2. The summed E-state index contributed by atoms with van der Waals surface area (Å²) >= 11 is 1.66. The fourth-order valence-corrected chi connectivity index (χ4v) is 2.98. The zero-order valence-electron chi connectivity index (χ0n) is 10.9. The fraction of sp³-hybridized carbons (Fsp3) is 0.308. The quantitative estimate of drug-likeness (QED) is 0.793. The van der Waals surface area contributed by atoms with Crippen LogP contribution in [-0.2, 0) is 13.5 Å². The average Bonchev–Trinajstić information content (AvgIpc) is 2.94. The van der Waals surface area contributed by atoms with Gasteiger partial charge < -0.3 is 5.32 Å². The number of rotatable bonds is 4. The van der Waals surface area contributed by atoms with E-state index in [1.54, 1.807) is 17.5 Å². The summed E-state index contributed by atoms with van der Waals surface area (Å²) in [5.41, 5.74) is 3.22. The molecule has 0 spiro atoms. The second kappa shape index (κ2) is 4.97. The molecule has 0 aliphatic rings. The van der Waals surface area contributed by atoms with Gasteiger partial charge in [-0.3, -0.25) is 4.98 Å². The van der Waals surface area contributed by atoms with E-state index in [0.717, 1.165) is 34.1 Å². The lowest BCUT2D eigenvalue weighted by Crippen LogP contribution is -2.04. The third-order valence-electron chi connectivity index (χ3n) is 2.96. The Kier molecular flexibility index (Phi) is 3.16. The Morgan fingerprint density at radius 1 is 1.42 bits per heavy atom. The van der Waals surface area contributed by atoms with Gasteiger partial charge >= 0.3 is 0 Å². The van der Waals surface area contributed by atoms with Gasteiger partial charge in [-0.05, 0) is 25.0 Å². The van der Waals surface area contributed by atoms with Crippen LogP contribution >= 0.6 is 11.3 Å². The maximum absolute atomic E-state index is 4.56. The van der Waals surface area contributed by atoms with Gasteiger partial charge in [0.1, 0.15) is 0 Å². The summed E-state index contributed by atoms with van der Waals surface area (Å²) < 4.78 is 2.99. The highest BCUT2D eigenvalue weighted by Gasteiger charge is 2.11. The first kappa shape index (κ1) is 12.1. The van der Waals surface area contributed by atoms with E-state index in [4.69, 9.17) is 0 Å². The molecule has 3 heterocycles. The van der Waals surface area contributed by atoms with Crippen molar-refractivity contribution in [2.45, 2.75) is 13.3 Å². The van der Waals surface area contributed by atoms with E-state index < -0.39 is 0 Å². The van der Waals surface area contributed by atoms with Crippen molar-refractivity contribution in [1.29, 1.82) is 0 Å².